The Balaban J connectivity index is 1.78. The summed E-state index contributed by atoms with van der Waals surface area (Å²) in [6.07, 6.45) is 9.84. The van der Waals surface area contributed by atoms with Crippen molar-refractivity contribution in [3.63, 3.8) is 0 Å². The summed E-state index contributed by atoms with van der Waals surface area (Å²) >= 11 is 0. The van der Waals surface area contributed by atoms with Crippen LogP contribution >= 0.6 is 0 Å². The molecule has 220 valence electrons. The van der Waals surface area contributed by atoms with E-state index in [2.05, 4.69) is 22.3 Å². The SMILES string of the molecule is CNC(=O)CCCCCC[C@H]1C(OC(=O)OCCCCO[N+](=O)[O-])CC[C@@H]1CC[C@@H](O)CCc1ccccc1. The van der Waals surface area contributed by atoms with Crippen LogP contribution in [0.25, 0.3) is 0 Å². The number of nitrogens with one attached hydrogen (secondary N) is 1. The lowest BCUT2D eigenvalue weighted by atomic mass is 9.85. The molecule has 10 nitrogen and oxygen atoms in total. The molecule has 0 radical (unpaired) electrons. The van der Waals surface area contributed by atoms with E-state index in [4.69, 9.17) is 9.47 Å². The van der Waals surface area contributed by atoms with E-state index in [1.807, 2.05) is 18.2 Å². The summed E-state index contributed by atoms with van der Waals surface area (Å²) in [6, 6.07) is 10.2. The highest BCUT2D eigenvalue weighted by Gasteiger charge is 2.38. The van der Waals surface area contributed by atoms with Gasteiger partial charge in [-0.2, -0.15) is 0 Å². The number of carbonyl (C=O) groups is 2. The number of amides is 1. The Hall–Kier alpha value is -2.88. The molecule has 1 aromatic carbocycles. The predicted octanol–water partition coefficient (Wildman–Crippen LogP) is 5.38. The lowest BCUT2D eigenvalue weighted by Crippen LogP contribution is -2.26. The smallest absolute Gasteiger partial charge is 0.434 e. The van der Waals surface area contributed by atoms with Crippen molar-refractivity contribution in [2.75, 3.05) is 20.3 Å². The summed E-state index contributed by atoms with van der Waals surface area (Å²) in [4.78, 5) is 38.2. The van der Waals surface area contributed by atoms with E-state index in [9.17, 15) is 24.8 Å². The van der Waals surface area contributed by atoms with Crippen LogP contribution in [0.1, 0.15) is 89.0 Å². The van der Waals surface area contributed by atoms with Crippen LogP contribution in [0.2, 0.25) is 0 Å². The van der Waals surface area contributed by atoms with Gasteiger partial charge in [0, 0.05) is 13.5 Å². The molecule has 1 amide bonds. The maximum absolute atomic E-state index is 12.3. The second-order valence-electron chi connectivity index (χ2n) is 10.4. The van der Waals surface area contributed by atoms with Gasteiger partial charge in [0.2, 0.25) is 5.91 Å². The van der Waals surface area contributed by atoms with Gasteiger partial charge in [0.1, 0.15) is 6.10 Å². The minimum absolute atomic E-state index is 0.0297. The zero-order valence-corrected chi connectivity index (χ0v) is 23.3. The molecular weight excluding hydrogens is 504 g/mol. The number of unbranched alkanes of at least 4 members (excludes halogenated alkanes) is 4. The van der Waals surface area contributed by atoms with Gasteiger partial charge < -0.3 is 24.7 Å². The largest absolute Gasteiger partial charge is 0.508 e. The molecule has 0 aliphatic heterocycles. The molecule has 1 saturated carbocycles. The molecule has 39 heavy (non-hydrogen) atoms. The third-order valence-corrected chi connectivity index (χ3v) is 7.56. The van der Waals surface area contributed by atoms with Gasteiger partial charge in [0.25, 0.3) is 5.09 Å². The Morgan fingerprint density at radius 2 is 1.77 bits per heavy atom. The number of aliphatic hydroxyl groups is 1. The van der Waals surface area contributed by atoms with Crippen molar-refractivity contribution in [2.24, 2.45) is 11.8 Å². The fraction of sp³-hybridized carbons (Fsp3) is 0.724. The number of aryl methyl sites for hydroxylation is 1. The average Bonchev–Trinajstić information content (AvgIpc) is 3.31. The summed E-state index contributed by atoms with van der Waals surface area (Å²) in [7, 11) is 1.65. The number of hydrogen-bond acceptors (Lipinski definition) is 8. The highest BCUT2D eigenvalue weighted by molar-refractivity contribution is 5.75. The molecular formula is C29H46N2O8. The van der Waals surface area contributed by atoms with Crippen LogP contribution in [0.3, 0.4) is 0 Å². The molecule has 2 rings (SSSR count). The molecule has 0 spiro atoms. The number of ether oxygens (including phenoxy) is 2. The second-order valence-corrected chi connectivity index (χ2v) is 10.4. The quantitative estimate of drug-likeness (QED) is 0.0955. The van der Waals surface area contributed by atoms with E-state index in [0.717, 1.165) is 70.6 Å². The van der Waals surface area contributed by atoms with Crippen molar-refractivity contribution in [1.29, 1.82) is 0 Å². The summed E-state index contributed by atoms with van der Waals surface area (Å²) in [5.74, 6) is 0.652. The Labute approximate surface area is 231 Å². The van der Waals surface area contributed by atoms with Gasteiger partial charge in [0.05, 0.1) is 19.3 Å². The first-order valence-electron chi connectivity index (χ1n) is 14.4. The fourth-order valence-electron chi connectivity index (χ4n) is 5.37. The molecule has 1 aromatic rings. The van der Waals surface area contributed by atoms with Gasteiger partial charge in [-0.15, -0.1) is 10.1 Å². The van der Waals surface area contributed by atoms with Gasteiger partial charge in [0.15, 0.2) is 0 Å². The third kappa shape index (κ3) is 14.2. The lowest BCUT2D eigenvalue weighted by Gasteiger charge is -2.25. The maximum atomic E-state index is 12.3. The zero-order valence-electron chi connectivity index (χ0n) is 23.3. The average molecular weight is 551 g/mol. The molecule has 2 N–H and O–H groups in total. The fourth-order valence-corrected chi connectivity index (χ4v) is 5.37. The second kappa shape index (κ2) is 19.2. The van der Waals surface area contributed by atoms with E-state index in [1.165, 1.54) is 5.56 Å². The van der Waals surface area contributed by atoms with E-state index in [-0.39, 0.29) is 37.2 Å². The van der Waals surface area contributed by atoms with Gasteiger partial charge >= 0.3 is 6.16 Å². The lowest BCUT2D eigenvalue weighted by molar-refractivity contribution is -0.757. The van der Waals surface area contributed by atoms with Crippen LogP contribution in [-0.2, 0) is 25.5 Å². The van der Waals surface area contributed by atoms with Crippen LogP contribution in [0.4, 0.5) is 4.79 Å². The normalized spacial score (nSPS) is 19.3. The number of rotatable bonds is 20. The monoisotopic (exact) mass is 550 g/mol. The van der Waals surface area contributed by atoms with E-state index in [1.54, 1.807) is 7.05 Å². The Kier molecular flexibility index (Phi) is 15.9. The number of nitrogens with zero attached hydrogens (tertiary/aromatic N) is 1. The summed E-state index contributed by atoms with van der Waals surface area (Å²) in [5.41, 5.74) is 1.23. The minimum Gasteiger partial charge on any atom is -0.434 e. The molecule has 0 saturated heterocycles. The van der Waals surface area contributed by atoms with E-state index >= 15 is 0 Å². The first-order chi connectivity index (χ1) is 18.9. The van der Waals surface area contributed by atoms with Crippen molar-refractivity contribution in [3.05, 3.63) is 46.0 Å². The molecule has 1 unspecified atom stereocenters. The van der Waals surface area contributed by atoms with E-state index in [0.29, 0.717) is 25.2 Å². The number of carbonyl (C=O) groups excluding carboxylic acids is 2. The van der Waals surface area contributed by atoms with Crippen LogP contribution in [0.15, 0.2) is 30.3 Å². The molecule has 0 aromatic heterocycles. The zero-order chi connectivity index (χ0) is 28.3. The summed E-state index contributed by atoms with van der Waals surface area (Å²) in [6.45, 7) is 0.0950. The van der Waals surface area contributed by atoms with Crippen molar-refractivity contribution >= 4 is 12.1 Å². The maximum Gasteiger partial charge on any atom is 0.508 e. The van der Waals surface area contributed by atoms with Crippen molar-refractivity contribution in [1.82, 2.24) is 5.32 Å². The number of hydrogen-bond donors (Lipinski definition) is 2. The van der Waals surface area contributed by atoms with Crippen molar-refractivity contribution < 1.29 is 34.1 Å². The summed E-state index contributed by atoms with van der Waals surface area (Å²) < 4.78 is 10.9. The molecule has 4 atom stereocenters. The van der Waals surface area contributed by atoms with Crippen LogP contribution in [0, 0.1) is 22.0 Å². The van der Waals surface area contributed by atoms with Gasteiger partial charge in [-0.05, 0) is 81.6 Å². The highest BCUT2D eigenvalue weighted by Crippen LogP contribution is 2.41. The topological polar surface area (TPSA) is 137 Å². The molecule has 1 aliphatic rings. The Morgan fingerprint density at radius 1 is 1.03 bits per heavy atom. The molecule has 1 fully saturated rings. The van der Waals surface area contributed by atoms with Gasteiger partial charge in [-0.1, -0.05) is 49.6 Å². The molecule has 10 heteroatoms. The third-order valence-electron chi connectivity index (χ3n) is 7.56. The van der Waals surface area contributed by atoms with Gasteiger partial charge in [-0.25, -0.2) is 4.79 Å². The predicted molar refractivity (Wildman–Crippen MR) is 146 cm³/mol. The van der Waals surface area contributed by atoms with Crippen molar-refractivity contribution in [3.8, 4) is 0 Å². The van der Waals surface area contributed by atoms with Crippen LogP contribution in [-0.4, -0.2) is 54.7 Å². The minimum atomic E-state index is -0.837. The Morgan fingerprint density at radius 3 is 2.51 bits per heavy atom. The molecule has 1 aliphatic carbocycles. The molecule has 0 heterocycles. The first kappa shape index (κ1) is 32.3. The standard InChI is InChI=1S/C29H46N2O8/c1-30-28(33)14-8-3-2-7-13-26-24(16-19-25(32)18-15-23-11-5-4-6-12-23)17-20-27(26)39-29(34)37-21-9-10-22-38-31(35)36/h4-6,11-12,24-27,32H,2-3,7-10,13-22H2,1H3,(H,30,33)/t24-,25-,26+,27?/m0/s1. The van der Waals surface area contributed by atoms with Gasteiger partial charge in [-0.3, -0.25) is 4.79 Å². The van der Waals surface area contributed by atoms with E-state index < -0.39 is 11.2 Å². The number of aliphatic hydroxyl groups excluding tert-OH is 1. The Bertz CT molecular complexity index is 838. The number of benzene rings is 1. The van der Waals surface area contributed by atoms with Crippen molar-refractivity contribution in [2.45, 2.75) is 102 Å². The van der Waals surface area contributed by atoms with Crippen LogP contribution < -0.4 is 5.32 Å². The summed E-state index contributed by atoms with van der Waals surface area (Å²) in [5, 5.41) is 22.6. The van der Waals surface area contributed by atoms with Crippen LogP contribution in [0.5, 0.6) is 0 Å². The highest BCUT2D eigenvalue weighted by atomic mass is 16.9. The first-order valence-corrected chi connectivity index (χ1v) is 14.4. The molecule has 0 bridgehead atoms.